The number of carbonyl (C=O) groups is 2. The quantitative estimate of drug-likeness (QED) is 0.870. The predicted molar refractivity (Wildman–Crippen MR) is 95.2 cm³/mol. The van der Waals surface area contributed by atoms with Crippen LogP contribution in [0, 0.1) is 0 Å². The van der Waals surface area contributed by atoms with E-state index in [1.165, 1.54) is 6.08 Å². The van der Waals surface area contributed by atoms with E-state index in [-0.39, 0.29) is 17.9 Å². The van der Waals surface area contributed by atoms with Crippen LogP contribution in [0.2, 0.25) is 0 Å². The Morgan fingerprint density at radius 3 is 2.92 bits per heavy atom. The van der Waals surface area contributed by atoms with Crippen molar-refractivity contribution in [1.82, 2.24) is 15.3 Å². The fraction of sp³-hybridized carbons (Fsp3) is 0.263. The Labute approximate surface area is 146 Å². The molecule has 0 saturated carbocycles. The number of hydrogen-bond donors (Lipinski definition) is 1. The fourth-order valence-corrected chi connectivity index (χ4v) is 2.97. The molecule has 0 fully saturated rings. The largest absolute Gasteiger partial charge is 0.344 e. The Morgan fingerprint density at radius 2 is 2.20 bits per heavy atom. The molecule has 1 aliphatic rings. The first-order valence-electron chi connectivity index (χ1n) is 8.24. The summed E-state index contributed by atoms with van der Waals surface area (Å²) in [6.07, 6.45) is 7.86. The fourth-order valence-electron chi connectivity index (χ4n) is 2.97. The molecule has 25 heavy (non-hydrogen) atoms. The molecule has 6 nitrogen and oxygen atoms in total. The van der Waals surface area contributed by atoms with Crippen molar-refractivity contribution >= 4 is 17.5 Å². The zero-order chi connectivity index (χ0) is 17.8. The maximum atomic E-state index is 12.5. The van der Waals surface area contributed by atoms with Crippen molar-refractivity contribution in [1.29, 1.82) is 0 Å². The van der Waals surface area contributed by atoms with Gasteiger partial charge in [0.25, 0.3) is 5.91 Å². The summed E-state index contributed by atoms with van der Waals surface area (Å²) < 4.78 is 0. The maximum absolute atomic E-state index is 12.5. The lowest BCUT2D eigenvalue weighted by atomic mass is 9.98. The molecule has 0 aliphatic carbocycles. The van der Waals surface area contributed by atoms with Crippen molar-refractivity contribution in [2.45, 2.75) is 25.8 Å². The molecule has 0 spiro atoms. The second-order valence-electron chi connectivity index (χ2n) is 5.97. The number of hydrogen-bond acceptors (Lipinski definition) is 4. The highest BCUT2D eigenvalue weighted by Gasteiger charge is 2.22. The second-order valence-corrected chi connectivity index (χ2v) is 5.97. The minimum absolute atomic E-state index is 0.116. The molecule has 2 aromatic rings. The van der Waals surface area contributed by atoms with E-state index in [0.29, 0.717) is 17.8 Å². The average Bonchev–Trinajstić information content (AvgIpc) is 2.67. The number of nitrogens with zero attached hydrogens (tertiary/aromatic N) is 3. The number of anilines is 1. The van der Waals surface area contributed by atoms with Gasteiger partial charge in [-0.05, 0) is 49.6 Å². The highest BCUT2D eigenvalue weighted by atomic mass is 16.2. The summed E-state index contributed by atoms with van der Waals surface area (Å²) in [5, 5.41) is 2.93. The van der Waals surface area contributed by atoms with Crippen LogP contribution < -0.4 is 10.2 Å². The number of nitrogens with one attached hydrogen (secondary N) is 1. The lowest BCUT2D eigenvalue weighted by Gasteiger charge is -2.29. The number of aryl methyl sites for hydroxylation is 1. The molecule has 0 saturated heterocycles. The van der Waals surface area contributed by atoms with Gasteiger partial charge >= 0.3 is 0 Å². The summed E-state index contributed by atoms with van der Waals surface area (Å²) in [6, 6.07) is 5.19. The topological polar surface area (TPSA) is 75.2 Å². The summed E-state index contributed by atoms with van der Waals surface area (Å²) in [6.45, 7) is 6.09. The van der Waals surface area contributed by atoms with E-state index in [1.807, 2.05) is 19.1 Å². The molecule has 128 valence electrons. The first kappa shape index (κ1) is 16.8. The minimum atomic E-state index is -0.240. The van der Waals surface area contributed by atoms with Crippen LogP contribution >= 0.6 is 0 Å². The number of aromatic nitrogens is 2. The van der Waals surface area contributed by atoms with Crippen LogP contribution in [0.1, 0.15) is 41.0 Å². The van der Waals surface area contributed by atoms with Gasteiger partial charge in [0.05, 0.1) is 17.9 Å². The molecule has 1 aliphatic heterocycles. The third kappa shape index (κ3) is 3.57. The molecule has 0 radical (unpaired) electrons. The summed E-state index contributed by atoms with van der Waals surface area (Å²) in [4.78, 5) is 34.4. The van der Waals surface area contributed by atoms with Gasteiger partial charge in [-0.15, -0.1) is 0 Å². The van der Waals surface area contributed by atoms with E-state index in [9.17, 15) is 9.59 Å². The third-order valence-corrected chi connectivity index (χ3v) is 4.28. The standard InChI is InChI=1S/C19H20N4O2/c1-3-18(24)23-10-4-5-14-11-15(6-7-17(14)23)19(25)22-13(2)16-12-20-8-9-21-16/h3,6-9,11-13H,1,4-5,10H2,2H3,(H,22,25)/t13-/m0/s1. The summed E-state index contributed by atoms with van der Waals surface area (Å²) in [7, 11) is 0. The van der Waals surface area contributed by atoms with E-state index in [0.717, 1.165) is 24.1 Å². The van der Waals surface area contributed by atoms with E-state index in [2.05, 4.69) is 21.9 Å². The first-order chi connectivity index (χ1) is 12.1. The second kappa shape index (κ2) is 7.25. The molecule has 0 unspecified atom stereocenters. The van der Waals surface area contributed by atoms with Crippen LogP contribution in [0.3, 0.4) is 0 Å². The zero-order valence-electron chi connectivity index (χ0n) is 14.1. The molecule has 2 amide bonds. The van der Waals surface area contributed by atoms with Crippen molar-refractivity contribution in [3.8, 4) is 0 Å². The predicted octanol–water partition coefficient (Wildman–Crippen LogP) is 2.43. The summed E-state index contributed by atoms with van der Waals surface area (Å²) in [5.41, 5.74) is 3.13. The van der Waals surface area contributed by atoms with Gasteiger partial charge in [0, 0.05) is 30.2 Å². The number of carbonyl (C=O) groups excluding carboxylic acids is 2. The molecular formula is C19H20N4O2. The molecule has 1 N–H and O–H groups in total. The van der Waals surface area contributed by atoms with Crippen molar-refractivity contribution < 1.29 is 9.59 Å². The minimum Gasteiger partial charge on any atom is -0.344 e. The van der Waals surface area contributed by atoms with Gasteiger partial charge in [0.15, 0.2) is 0 Å². The number of amides is 2. The van der Waals surface area contributed by atoms with Gasteiger partial charge in [0.2, 0.25) is 5.91 Å². The van der Waals surface area contributed by atoms with E-state index in [4.69, 9.17) is 0 Å². The van der Waals surface area contributed by atoms with Gasteiger partial charge in [-0.3, -0.25) is 19.6 Å². The normalized spacial score (nSPS) is 14.4. The molecule has 6 heteroatoms. The summed E-state index contributed by atoms with van der Waals surface area (Å²) in [5.74, 6) is -0.289. The smallest absolute Gasteiger partial charge is 0.251 e. The van der Waals surface area contributed by atoms with Crippen molar-refractivity contribution in [2.75, 3.05) is 11.4 Å². The van der Waals surface area contributed by atoms with Gasteiger partial charge in [-0.1, -0.05) is 6.58 Å². The SMILES string of the molecule is C=CC(=O)N1CCCc2cc(C(=O)N[C@@H](C)c3cnccn3)ccc21. The van der Waals surface area contributed by atoms with Crippen LogP contribution in [0.4, 0.5) is 5.69 Å². The van der Waals surface area contributed by atoms with Crippen LogP contribution in [-0.2, 0) is 11.2 Å². The van der Waals surface area contributed by atoms with Crippen LogP contribution in [-0.4, -0.2) is 28.3 Å². The van der Waals surface area contributed by atoms with Gasteiger partial charge in [-0.25, -0.2) is 0 Å². The molecule has 3 rings (SSSR count). The highest BCUT2D eigenvalue weighted by Crippen LogP contribution is 2.28. The Kier molecular flexibility index (Phi) is 4.88. The van der Waals surface area contributed by atoms with E-state index < -0.39 is 0 Å². The Bertz CT molecular complexity index is 804. The van der Waals surface area contributed by atoms with Gasteiger partial charge < -0.3 is 10.2 Å². The molecule has 1 aromatic carbocycles. The summed E-state index contributed by atoms with van der Waals surface area (Å²) >= 11 is 0. The monoisotopic (exact) mass is 336 g/mol. The van der Waals surface area contributed by atoms with Crippen molar-refractivity contribution in [2.24, 2.45) is 0 Å². The lowest BCUT2D eigenvalue weighted by molar-refractivity contribution is -0.114. The van der Waals surface area contributed by atoms with Gasteiger partial charge in [-0.2, -0.15) is 0 Å². The van der Waals surface area contributed by atoms with E-state index >= 15 is 0 Å². The molecule has 2 heterocycles. The highest BCUT2D eigenvalue weighted by molar-refractivity contribution is 6.02. The number of rotatable bonds is 4. The molecular weight excluding hydrogens is 316 g/mol. The van der Waals surface area contributed by atoms with E-state index in [1.54, 1.807) is 29.6 Å². The third-order valence-electron chi connectivity index (χ3n) is 4.28. The van der Waals surface area contributed by atoms with Crippen molar-refractivity contribution in [3.63, 3.8) is 0 Å². The Balaban J connectivity index is 1.78. The Morgan fingerprint density at radius 1 is 1.36 bits per heavy atom. The zero-order valence-corrected chi connectivity index (χ0v) is 14.1. The molecule has 1 atom stereocenters. The van der Waals surface area contributed by atoms with Crippen LogP contribution in [0.5, 0.6) is 0 Å². The lowest BCUT2D eigenvalue weighted by Crippen LogP contribution is -2.34. The van der Waals surface area contributed by atoms with Gasteiger partial charge in [0.1, 0.15) is 0 Å². The Hall–Kier alpha value is -3.02. The average molecular weight is 336 g/mol. The van der Waals surface area contributed by atoms with Crippen molar-refractivity contribution in [3.05, 3.63) is 66.3 Å². The number of benzene rings is 1. The molecule has 0 bridgehead atoms. The first-order valence-corrected chi connectivity index (χ1v) is 8.24. The van der Waals surface area contributed by atoms with Crippen LogP contribution in [0.15, 0.2) is 49.4 Å². The molecule has 1 aromatic heterocycles. The van der Waals surface area contributed by atoms with Crippen LogP contribution in [0.25, 0.3) is 0 Å². The maximum Gasteiger partial charge on any atom is 0.251 e. The number of fused-ring (bicyclic) bond motifs is 1.